The Morgan fingerprint density at radius 2 is 1.68 bits per heavy atom. The first-order valence-corrected chi connectivity index (χ1v) is 7.78. The molecule has 8 heteroatoms. The Balaban J connectivity index is 1.91. The maximum Gasteiger partial charge on any atom is 0.339 e. The molecule has 4 N–H and O–H groups in total. The topological polar surface area (TPSA) is 114 Å². The van der Waals surface area contributed by atoms with Crippen LogP contribution in [0.4, 0.5) is 10.5 Å². The number of nitrogens with zero attached hydrogens (tertiary/aromatic N) is 1. The van der Waals surface area contributed by atoms with Crippen molar-refractivity contribution >= 4 is 28.0 Å². The second kappa shape index (κ2) is 6.83. The highest BCUT2D eigenvalue weighted by atomic mass is 32.2. The number of sulfonamides is 1. The average molecular weight is 318 g/mol. The van der Waals surface area contributed by atoms with Crippen LogP contribution in [0.5, 0.6) is 0 Å². The van der Waals surface area contributed by atoms with E-state index < -0.39 is 16.1 Å². The van der Waals surface area contributed by atoms with Crippen LogP contribution in [-0.4, -0.2) is 20.7 Å². The summed E-state index contributed by atoms with van der Waals surface area (Å²) in [5.74, 6) is 0. The quantitative estimate of drug-likeness (QED) is 0.586. The summed E-state index contributed by atoms with van der Waals surface area (Å²) in [6.07, 6.45) is 1.50. The van der Waals surface area contributed by atoms with Gasteiger partial charge < -0.3 is 5.32 Å². The normalized spacial score (nSPS) is 11.3. The molecule has 2 aromatic rings. The molecule has 0 aliphatic rings. The Hall–Kier alpha value is -2.71. The molecule has 0 bridgehead atoms. The van der Waals surface area contributed by atoms with Gasteiger partial charge in [-0.2, -0.15) is 5.10 Å². The van der Waals surface area contributed by atoms with Crippen LogP contribution in [0, 0.1) is 0 Å². The second-order valence-electron chi connectivity index (χ2n) is 4.30. The summed E-state index contributed by atoms with van der Waals surface area (Å²) < 4.78 is 22.2. The van der Waals surface area contributed by atoms with Gasteiger partial charge in [-0.3, -0.25) is 0 Å². The molecule has 0 aliphatic carbocycles. The maximum atomic E-state index is 11.6. The number of urea groups is 1. The van der Waals surface area contributed by atoms with Crippen molar-refractivity contribution < 1.29 is 13.2 Å². The van der Waals surface area contributed by atoms with Crippen LogP contribution in [0.2, 0.25) is 0 Å². The molecule has 0 radical (unpaired) electrons. The van der Waals surface area contributed by atoms with Gasteiger partial charge in [0, 0.05) is 5.69 Å². The van der Waals surface area contributed by atoms with Crippen LogP contribution in [-0.2, 0) is 10.0 Å². The Labute approximate surface area is 127 Å². The molecule has 0 atom stereocenters. The molecule has 0 heterocycles. The lowest BCUT2D eigenvalue weighted by atomic mass is 10.2. The number of benzene rings is 2. The number of hydrogen-bond acceptors (Lipinski definition) is 4. The van der Waals surface area contributed by atoms with Gasteiger partial charge in [0.2, 0.25) is 10.0 Å². The predicted octanol–water partition coefficient (Wildman–Crippen LogP) is 1.49. The Morgan fingerprint density at radius 3 is 2.27 bits per heavy atom. The van der Waals surface area contributed by atoms with Crippen LogP contribution in [0.25, 0.3) is 0 Å². The molecule has 7 nitrogen and oxygen atoms in total. The Morgan fingerprint density at radius 1 is 1.05 bits per heavy atom. The van der Waals surface area contributed by atoms with Crippen molar-refractivity contribution in [2.75, 3.05) is 5.32 Å². The fourth-order valence-corrected chi connectivity index (χ4v) is 2.11. The van der Waals surface area contributed by atoms with E-state index in [1.165, 1.54) is 30.5 Å². The summed E-state index contributed by atoms with van der Waals surface area (Å²) in [7, 11) is -3.74. The number of primary sulfonamides is 1. The monoisotopic (exact) mass is 318 g/mol. The molecular weight excluding hydrogens is 304 g/mol. The molecule has 0 aromatic heterocycles. The van der Waals surface area contributed by atoms with E-state index in [1.54, 1.807) is 0 Å². The van der Waals surface area contributed by atoms with E-state index in [1.807, 2.05) is 30.3 Å². The minimum atomic E-state index is -3.74. The van der Waals surface area contributed by atoms with Gasteiger partial charge in [-0.05, 0) is 29.8 Å². The van der Waals surface area contributed by atoms with Crippen LogP contribution in [0.3, 0.4) is 0 Å². The molecular formula is C14H14N4O3S. The smallest absolute Gasteiger partial charge is 0.307 e. The van der Waals surface area contributed by atoms with Gasteiger partial charge in [0.25, 0.3) is 0 Å². The zero-order valence-corrected chi connectivity index (χ0v) is 12.2. The Kier molecular flexibility index (Phi) is 4.87. The third kappa shape index (κ3) is 4.69. The summed E-state index contributed by atoms with van der Waals surface area (Å²) in [5.41, 5.74) is 3.56. The SMILES string of the molecule is NS(=O)(=O)c1ccc(NC(=O)N/N=C/c2ccccc2)cc1. The van der Waals surface area contributed by atoms with E-state index in [9.17, 15) is 13.2 Å². The number of anilines is 1. The largest absolute Gasteiger partial charge is 0.339 e. The first kappa shape index (κ1) is 15.7. The van der Waals surface area contributed by atoms with Gasteiger partial charge >= 0.3 is 6.03 Å². The molecule has 22 heavy (non-hydrogen) atoms. The molecule has 0 aliphatic heterocycles. The minimum absolute atomic E-state index is 0.0273. The summed E-state index contributed by atoms with van der Waals surface area (Å²) in [6, 6.07) is 14.2. The molecule has 0 fully saturated rings. The number of carbonyl (C=O) groups excluding carboxylic acids is 1. The van der Waals surface area contributed by atoms with Gasteiger partial charge in [-0.1, -0.05) is 30.3 Å². The summed E-state index contributed by atoms with van der Waals surface area (Å²) in [6.45, 7) is 0. The fourth-order valence-electron chi connectivity index (χ4n) is 1.59. The maximum absolute atomic E-state index is 11.6. The summed E-state index contributed by atoms with van der Waals surface area (Å²) >= 11 is 0. The van der Waals surface area contributed by atoms with Crippen molar-refractivity contribution in [3.05, 3.63) is 60.2 Å². The zero-order valence-electron chi connectivity index (χ0n) is 11.4. The van der Waals surface area contributed by atoms with E-state index in [-0.39, 0.29) is 4.90 Å². The molecule has 2 rings (SSSR count). The number of hydrazone groups is 1. The van der Waals surface area contributed by atoms with E-state index in [4.69, 9.17) is 5.14 Å². The molecule has 0 saturated carbocycles. The molecule has 2 amide bonds. The number of carbonyl (C=O) groups is 1. The molecule has 114 valence electrons. The van der Waals surface area contributed by atoms with Crippen molar-refractivity contribution in [2.45, 2.75) is 4.90 Å². The first-order chi connectivity index (χ1) is 10.4. The van der Waals surface area contributed by atoms with Crippen LogP contribution in [0.15, 0.2) is 64.6 Å². The standard InChI is InChI=1S/C14H14N4O3S/c15-22(20,21)13-8-6-12(7-9-13)17-14(19)18-16-10-11-4-2-1-3-5-11/h1-10H,(H2,15,20,21)(H2,17,18,19)/b16-10+. The Bertz CT molecular complexity index is 771. The summed E-state index contributed by atoms with van der Waals surface area (Å²) in [4.78, 5) is 11.6. The van der Waals surface area contributed by atoms with Crippen molar-refractivity contribution in [2.24, 2.45) is 10.2 Å². The molecule has 0 unspecified atom stereocenters. The highest BCUT2D eigenvalue weighted by Crippen LogP contribution is 2.12. The van der Waals surface area contributed by atoms with Crippen molar-refractivity contribution in [1.82, 2.24) is 5.43 Å². The van der Waals surface area contributed by atoms with E-state index >= 15 is 0 Å². The highest BCUT2D eigenvalue weighted by Gasteiger charge is 2.07. The number of rotatable bonds is 4. The van der Waals surface area contributed by atoms with Crippen molar-refractivity contribution in [1.29, 1.82) is 0 Å². The lowest BCUT2D eigenvalue weighted by Gasteiger charge is -2.05. The van der Waals surface area contributed by atoms with Crippen LogP contribution < -0.4 is 15.9 Å². The van der Waals surface area contributed by atoms with Gasteiger partial charge in [-0.25, -0.2) is 23.8 Å². The number of nitrogens with one attached hydrogen (secondary N) is 2. The zero-order chi connectivity index (χ0) is 16.0. The molecule has 0 saturated heterocycles. The van der Waals surface area contributed by atoms with Gasteiger partial charge in [0.05, 0.1) is 11.1 Å². The number of hydrogen-bond donors (Lipinski definition) is 3. The first-order valence-electron chi connectivity index (χ1n) is 6.23. The third-order valence-corrected chi connectivity index (χ3v) is 3.55. The van der Waals surface area contributed by atoms with Crippen molar-refractivity contribution in [3.8, 4) is 0 Å². The van der Waals surface area contributed by atoms with Crippen LogP contribution in [0.1, 0.15) is 5.56 Å². The predicted molar refractivity (Wildman–Crippen MR) is 84.0 cm³/mol. The lowest BCUT2D eigenvalue weighted by molar-refractivity contribution is 0.252. The minimum Gasteiger partial charge on any atom is -0.307 e. The highest BCUT2D eigenvalue weighted by molar-refractivity contribution is 7.89. The van der Waals surface area contributed by atoms with E-state index in [0.717, 1.165) is 5.56 Å². The van der Waals surface area contributed by atoms with Gasteiger partial charge in [0.1, 0.15) is 0 Å². The fraction of sp³-hybridized carbons (Fsp3) is 0. The third-order valence-electron chi connectivity index (χ3n) is 2.62. The van der Waals surface area contributed by atoms with E-state index in [2.05, 4.69) is 15.8 Å². The molecule has 0 spiro atoms. The van der Waals surface area contributed by atoms with E-state index in [0.29, 0.717) is 5.69 Å². The second-order valence-corrected chi connectivity index (χ2v) is 5.87. The summed E-state index contributed by atoms with van der Waals surface area (Å²) in [5, 5.41) is 11.3. The lowest BCUT2D eigenvalue weighted by Crippen LogP contribution is -2.24. The average Bonchev–Trinajstić information content (AvgIpc) is 2.48. The molecule has 2 aromatic carbocycles. The van der Waals surface area contributed by atoms with Crippen molar-refractivity contribution in [3.63, 3.8) is 0 Å². The van der Waals surface area contributed by atoms with Gasteiger partial charge in [-0.15, -0.1) is 0 Å². The number of amides is 2. The van der Waals surface area contributed by atoms with Gasteiger partial charge in [0.15, 0.2) is 0 Å². The number of nitrogens with two attached hydrogens (primary N) is 1. The van der Waals surface area contributed by atoms with Crippen LogP contribution >= 0.6 is 0 Å².